The summed E-state index contributed by atoms with van der Waals surface area (Å²) in [4.78, 5) is 37.5. The predicted octanol–water partition coefficient (Wildman–Crippen LogP) is 3.95. The van der Waals surface area contributed by atoms with Crippen molar-refractivity contribution in [2.45, 2.75) is 4.90 Å². The summed E-state index contributed by atoms with van der Waals surface area (Å²) in [5, 5.41) is 5.39. The number of carbonyl (C=O) groups is 3. The number of furan rings is 1. The highest BCUT2D eigenvalue weighted by molar-refractivity contribution is 8.00. The first-order valence-corrected chi connectivity index (χ1v) is 10.3. The minimum absolute atomic E-state index is 0.0351. The minimum Gasteiger partial charge on any atom is -0.468 e. The Morgan fingerprint density at radius 1 is 1.00 bits per heavy atom. The highest BCUT2D eigenvalue weighted by Gasteiger charge is 2.15. The van der Waals surface area contributed by atoms with E-state index in [4.69, 9.17) is 4.42 Å². The fraction of sp³-hybridized carbons (Fsp3) is 0.0870. The number of carbonyl (C=O) groups excluding carboxylic acids is 3. The second kappa shape index (κ2) is 10.8. The summed E-state index contributed by atoms with van der Waals surface area (Å²) in [6.45, 7) is 0. The number of ether oxygens (including phenoxy) is 1. The summed E-state index contributed by atoms with van der Waals surface area (Å²) in [6, 6.07) is 18.9. The number of hydrogen-bond acceptors (Lipinski definition) is 6. The molecular formula is C23H20N2O5S. The Kier molecular flexibility index (Phi) is 7.67. The molecule has 0 aliphatic carbocycles. The van der Waals surface area contributed by atoms with Crippen molar-refractivity contribution in [1.82, 2.24) is 5.32 Å². The molecule has 2 amide bonds. The van der Waals surface area contributed by atoms with E-state index in [1.807, 2.05) is 0 Å². The highest BCUT2D eigenvalue weighted by atomic mass is 32.2. The molecule has 0 saturated carbocycles. The zero-order valence-corrected chi connectivity index (χ0v) is 17.5. The molecule has 1 aromatic heterocycles. The van der Waals surface area contributed by atoms with Crippen LogP contribution in [0.3, 0.4) is 0 Å². The molecule has 0 aliphatic heterocycles. The van der Waals surface area contributed by atoms with Gasteiger partial charge in [-0.2, -0.15) is 0 Å². The lowest BCUT2D eigenvalue weighted by Gasteiger charge is -2.11. The summed E-state index contributed by atoms with van der Waals surface area (Å²) in [6.07, 6.45) is 2.93. The Bertz CT molecular complexity index is 1060. The number of anilines is 1. The van der Waals surface area contributed by atoms with E-state index in [1.165, 1.54) is 31.2 Å². The number of benzene rings is 2. The molecular weight excluding hydrogens is 416 g/mol. The van der Waals surface area contributed by atoms with Crippen molar-refractivity contribution in [1.29, 1.82) is 0 Å². The van der Waals surface area contributed by atoms with Crippen LogP contribution in [0, 0.1) is 0 Å². The molecule has 7 nitrogen and oxygen atoms in total. The van der Waals surface area contributed by atoms with Crippen molar-refractivity contribution in [3.8, 4) is 0 Å². The smallest absolute Gasteiger partial charge is 0.315 e. The van der Waals surface area contributed by atoms with Crippen LogP contribution in [0.2, 0.25) is 0 Å². The Morgan fingerprint density at radius 3 is 2.39 bits per heavy atom. The molecule has 0 saturated heterocycles. The maximum Gasteiger partial charge on any atom is 0.315 e. The van der Waals surface area contributed by atoms with Crippen molar-refractivity contribution in [2.75, 3.05) is 18.2 Å². The van der Waals surface area contributed by atoms with E-state index in [1.54, 1.807) is 66.7 Å². The van der Waals surface area contributed by atoms with Crippen LogP contribution in [0.15, 0.2) is 88.0 Å². The molecule has 3 aromatic rings. The molecule has 2 N–H and O–H groups in total. The molecule has 1 heterocycles. The quantitative estimate of drug-likeness (QED) is 0.315. The van der Waals surface area contributed by atoms with Crippen LogP contribution in [0.25, 0.3) is 6.08 Å². The largest absolute Gasteiger partial charge is 0.468 e. The van der Waals surface area contributed by atoms with E-state index in [0.29, 0.717) is 17.0 Å². The number of amides is 2. The number of nitrogens with one attached hydrogen (secondary N) is 2. The van der Waals surface area contributed by atoms with Gasteiger partial charge in [-0.25, -0.2) is 0 Å². The van der Waals surface area contributed by atoms with Crippen molar-refractivity contribution >= 4 is 41.3 Å². The molecule has 158 valence electrons. The van der Waals surface area contributed by atoms with Crippen molar-refractivity contribution < 1.29 is 23.5 Å². The molecule has 0 fully saturated rings. The average molecular weight is 436 g/mol. The Balaban J connectivity index is 1.71. The van der Waals surface area contributed by atoms with Crippen molar-refractivity contribution in [2.24, 2.45) is 0 Å². The molecule has 0 spiro atoms. The second-order valence-corrected chi connectivity index (χ2v) is 7.29. The maximum absolute atomic E-state index is 12.8. The zero-order valence-electron chi connectivity index (χ0n) is 16.7. The average Bonchev–Trinajstić information content (AvgIpc) is 3.31. The van der Waals surface area contributed by atoms with Crippen LogP contribution < -0.4 is 10.6 Å². The van der Waals surface area contributed by atoms with Crippen molar-refractivity contribution in [3.05, 3.63) is 90.0 Å². The first kappa shape index (κ1) is 21.9. The summed E-state index contributed by atoms with van der Waals surface area (Å²) >= 11 is 1.33. The lowest BCUT2D eigenvalue weighted by atomic mass is 10.2. The van der Waals surface area contributed by atoms with Crippen LogP contribution >= 0.6 is 11.8 Å². The monoisotopic (exact) mass is 436 g/mol. The van der Waals surface area contributed by atoms with Crippen LogP contribution in [0.5, 0.6) is 0 Å². The van der Waals surface area contributed by atoms with Gasteiger partial charge in [0.2, 0.25) is 0 Å². The Labute approximate surface area is 183 Å². The lowest BCUT2D eigenvalue weighted by molar-refractivity contribution is -0.137. The fourth-order valence-electron chi connectivity index (χ4n) is 2.49. The molecule has 2 aromatic carbocycles. The van der Waals surface area contributed by atoms with Gasteiger partial charge in [0.25, 0.3) is 11.8 Å². The Hall–Kier alpha value is -3.78. The number of hydrogen-bond donors (Lipinski definition) is 2. The molecule has 0 bridgehead atoms. The summed E-state index contributed by atoms with van der Waals surface area (Å²) in [5.74, 6) is -0.611. The third kappa shape index (κ3) is 6.61. The normalized spacial score (nSPS) is 10.9. The second-order valence-electron chi connectivity index (χ2n) is 6.24. The fourth-order valence-corrected chi connectivity index (χ4v) is 3.22. The first-order valence-electron chi connectivity index (χ1n) is 9.28. The van der Waals surface area contributed by atoms with Crippen LogP contribution in [-0.4, -0.2) is 30.6 Å². The number of rotatable bonds is 8. The van der Waals surface area contributed by atoms with Gasteiger partial charge in [0, 0.05) is 22.2 Å². The number of thioether (sulfide) groups is 1. The molecule has 0 radical (unpaired) electrons. The first-order chi connectivity index (χ1) is 15.0. The molecule has 8 heteroatoms. The van der Waals surface area contributed by atoms with Gasteiger partial charge in [-0.1, -0.05) is 18.2 Å². The van der Waals surface area contributed by atoms with Gasteiger partial charge >= 0.3 is 5.97 Å². The molecule has 0 unspecified atom stereocenters. The van der Waals surface area contributed by atoms with E-state index in [0.717, 1.165) is 4.90 Å². The van der Waals surface area contributed by atoms with Gasteiger partial charge in [-0.05, 0) is 48.5 Å². The summed E-state index contributed by atoms with van der Waals surface area (Å²) in [5.41, 5.74) is 0.993. The van der Waals surface area contributed by atoms with E-state index in [-0.39, 0.29) is 17.4 Å². The standard InChI is InChI=1S/C23H20N2O5S/c1-29-21(26)15-31-19-11-9-17(10-12-19)24-23(28)20(14-18-8-5-13-30-18)25-22(27)16-6-3-2-4-7-16/h2-14H,15H2,1H3,(H,24,28)(H,25,27)/b20-14-. The van der Waals surface area contributed by atoms with E-state index in [2.05, 4.69) is 15.4 Å². The number of esters is 1. The van der Waals surface area contributed by atoms with Gasteiger partial charge in [0.15, 0.2) is 0 Å². The zero-order chi connectivity index (χ0) is 22.1. The SMILES string of the molecule is COC(=O)CSc1ccc(NC(=O)/C(=C/c2ccco2)NC(=O)c2ccccc2)cc1. The van der Waals surface area contributed by atoms with Gasteiger partial charge in [0.05, 0.1) is 19.1 Å². The topological polar surface area (TPSA) is 97.6 Å². The molecule has 0 aliphatic rings. The molecule has 31 heavy (non-hydrogen) atoms. The highest BCUT2D eigenvalue weighted by Crippen LogP contribution is 2.21. The van der Waals surface area contributed by atoms with Gasteiger partial charge in [0.1, 0.15) is 11.5 Å². The third-order valence-electron chi connectivity index (χ3n) is 4.06. The molecule has 0 atom stereocenters. The Morgan fingerprint density at radius 2 is 1.74 bits per heavy atom. The lowest BCUT2D eigenvalue weighted by Crippen LogP contribution is -2.30. The van der Waals surface area contributed by atoms with Crippen LogP contribution in [-0.2, 0) is 14.3 Å². The maximum atomic E-state index is 12.8. The van der Waals surface area contributed by atoms with E-state index >= 15 is 0 Å². The summed E-state index contributed by atoms with van der Waals surface area (Å²) < 4.78 is 9.89. The van der Waals surface area contributed by atoms with E-state index < -0.39 is 11.8 Å². The van der Waals surface area contributed by atoms with Crippen molar-refractivity contribution in [3.63, 3.8) is 0 Å². The number of methoxy groups -OCH3 is 1. The van der Waals surface area contributed by atoms with Gasteiger partial charge < -0.3 is 19.8 Å². The van der Waals surface area contributed by atoms with Crippen LogP contribution in [0.4, 0.5) is 5.69 Å². The van der Waals surface area contributed by atoms with Gasteiger partial charge in [-0.15, -0.1) is 11.8 Å². The van der Waals surface area contributed by atoms with E-state index in [9.17, 15) is 14.4 Å². The summed E-state index contributed by atoms with van der Waals surface area (Å²) in [7, 11) is 1.34. The molecule has 3 rings (SSSR count). The minimum atomic E-state index is -0.504. The third-order valence-corrected chi connectivity index (χ3v) is 5.04. The predicted molar refractivity (Wildman–Crippen MR) is 118 cm³/mol. The van der Waals surface area contributed by atoms with Gasteiger partial charge in [-0.3, -0.25) is 14.4 Å². The van der Waals surface area contributed by atoms with Crippen LogP contribution in [0.1, 0.15) is 16.1 Å².